The van der Waals surface area contributed by atoms with E-state index in [1.807, 2.05) is 0 Å². The van der Waals surface area contributed by atoms with Crippen LogP contribution < -0.4 is 21.2 Å². The molecule has 0 heterocycles. The number of unbranched alkanes of at least 4 members (excludes halogenated alkanes) is 5. The minimum absolute atomic E-state index is 0.0304. The molecule has 0 aliphatic rings. The van der Waals surface area contributed by atoms with Gasteiger partial charge in [0.15, 0.2) is 7.14 Å². The molecule has 0 spiro atoms. The Morgan fingerprint density at radius 1 is 0.724 bits per heavy atom. The Balaban J connectivity index is 0.000000311. The lowest BCUT2D eigenvalue weighted by Gasteiger charge is -2.05. The molecule has 3 nitrogen and oxygen atoms in total. The Bertz CT molecular complexity index is 811. The van der Waals surface area contributed by atoms with Crippen molar-refractivity contribution in [2.45, 2.75) is 73.1 Å². The van der Waals surface area contributed by atoms with Gasteiger partial charge >= 0.3 is 21.2 Å². The van der Waals surface area contributed by atoms with Crippen LogP contribution in [0.15, 0.2) is 36.4 Å². The second-order valence-corrected chi connectivity index (χ2v) is 12.1. The van der Waals surface area contributed by atoms with Crippen molar-refractivity contribution in [2.24, 2.45) is 0 Å². The molecule has 0 saturated heterocycles. The maximum absolute atomic E-state index is 10.2. The first kappa shape index (κ1) is 26.1. The van der Waals surface area contributed by atoms with Gasteiger partial charge in [0.1, 0.15) is 0 Å². The van der Waals surface area contributed by atoms with E-state index in [0.717, 1.165) is 19.3 Å². The van der Waals surface area contributed by atoms with Gasteiger partial charge < -0.3 is 4.55 Å². The molecule has 0 atom stereocenters. The van der Waals surface area contributed by atoms with Gasteiger partial charge in [0, 0.05) is 5.75 Å². The quantitative estimate of drug-likeness (QED) is 0.285. The molecule has 5 heteroatoms. The minimum atomic E-state index is -3.97. The van der Waals surface area contributed by atoms with Crippen LogP contribution in [-0.4, -0.2) is 18.7 Å². The number of benzene rings is 2. The van der Waals surface area contributed by atoms with Crippen LogP contribution in [0.2, 0.25) is 0 Å². The molecule has 2 aromatic carbocycles. The smallest absolute Gasteiger partial charge is 0.357 e. The number of halogens is 1. The Kier molecular flexibility index (Phi) is 12.1. The van der Waals surface area contributed by atoms with Crippen molar-refractivity contribution in [3.63, 3.8) is 0 Å². The lowest BCUT2D eigenvalue weighted by molar-refractivity contribution is -0.597. The second kappa shape index (κ2) is 13.4. The Hall–Kier alpha value is -0.920. The summed E-state index contributed by atoms with van der Waals surface area (Å²) in [5.41, 5.74) is 5.59. The van der Waals surface area contributed by atoms with E-state index >= 15 is 0 Å². The highest BCUT2D eigenvalue weighted by atomic mass is 127. The molecule has 0 saturated carbocycles. The highest BCUT2D eigenvalue weighted by molar-refractivity contribution is 7.85. The molecule has 0 unspecified atom stereocenters. The van der Waals surface area contributed by atoms with E-state index in [1.165, 1.54) is 42.2 Å². The number of hydrogen-bond donors (Lipinski definition) is 0. The average Bonchev–Trinajstić information content (AvgIpc) is 2.64. The highest BCUT2D eigenvalue weighted by Crippen LogP contribution is 2.06. The van der Waals surface area contributed by atoms with Crippen LogP contribution in [0.1, 0.15) is 67.7 Å². The average molecular weight is 531 g/mol. The van der Waals surface area contributed by atoms with Gasteiger partial charge in [0.25, 0.3) is 0 Å². The molecule has 0 amide bonds. The number of rotatable bonds is 9. The maximum Gasteiger partial charge on any atom is 0.357 e. The second-order valence-electron chi connectivity index (χ2n) is 7.58. The summed E-state index contributed by atoms with van der Waals surface area (Å²) < 4.78 is 33.5. The van der Waals surface area contributed by atoms with E-state index in [0.29, 0.717) is 6.42 Å². The zero-order valence-corrected chi connectivity index (χ0v) is 21.4. The Morgan fingerprint density at radius 3 is 1.59 bits per heavy atom. The molecule has 0 aliphatic carbocycles. The Labute approximate surface area is 188 Å². The third-order valence-corrected chi connectivity index (χ3v) is 8.28. The third kappa shape index (κ3) is 11.7. The van der Waals surface area contributed by atoms with E-state index in [4.69, 9.17) is 0 Å². The topological polar surface area (TPSA) is 57.2 Å². The van der Waals surface area contributed by atoms with Gasteiger partial charge in [-0.25, -0.2) is 8.42 Å². The van der Waals surface area contributed by atoms with Crippen LogP contribution >= 0.6 is 0 Å². The molecule has 0 aliphatic heterocycles. The predicted octanol–water partition coefficient (Wildman–Crippen LogP) is 2.94. The lowest BCUT2D eigenvalue weighted by atomic mass is 10.1. The summed E-state index contributed by atoms with van der Waals surface area (Å²) >= 11 is -0.0304. The van der Waals surface area contributed by atoms with Gasteiger partial charge in [-0.2, -0.15) is 0 Å². The summed E-state index contributed by atoms with van der Waals surface area (Å²) in [6, 6.07) is 13.7. The monoisotopic (exact) mass is 530 g/mol. The van der Waals surface area contributed by atoms with E-state index < -0.39 is 10.1 Å². The largest absolute Gasteiger partial charge is 0.748 e. The van der Waals surface area contributed by atoms with Crippen LogP contribution in [-0.2, 0) is 10.1 Å². The van der Waals surface area contributed by atoms with Gasteiger partial charge in [-0.1, -0.05) is 51.2 Å². The fourth-order valence-corrected chi connectivity index (χ4v) is 5.95. The van der Waals surface area contributed by atoms with Gasteiger partial charge in [-0.05, 0) is 80.6 Å². The summed E-state index contributed by atoms with van der Waals surface area (Å²) in [5, 5.41) is 0. The fraction of sp³-hybridized carbons (Fsp3) is 0.500. The van der Waals surface area contributed by atoms with Crippen molar-refractivity contribution in [1.82, 2.24) is 0 Å². The molecular weight excluding hydrogens is 495 g/mol. The first-order valence-corrected chi connectivity index (χ1v) is 14.1. The molecule has 29 heavy (non-hydrogen) atoms. The van der Waals surface area contributed by atoms with Crippen LogP contribution in [0.3, 0.4) is 0 Å². The highest BCUT2D eigenvalue weighted by Gasteiger charge is 2.16. The zero-order chi connectivity index (χ0) is 21.9. The van der Waals surface area contributed by atoms with E-state index in [-0.39, 0.29) is 27.0 Å². The summed E-state index contributed by atoms with van der Waals surface area (Å²) in [6.07, 6.45) is 5.96. The van der Waals surface area contributed by atoms with Crippen LogP contribution in [0.25, 0.3) is 0 Å². The molecule has 0 N–H and O–H groups in total. The van der Waals surface area contributed by atoms with E-state index in [2.05, 4.69) is 71.0 Å². The van der Waals surface area contributed by atoms with E-state index in [9.17, 15) is 13.0 Å². The predicted molar refractivity (Wildman–Crippen MR) is 117 cm³/mol. The summed E-state index contributed by atoms with van der Waals surface area (Å²) in [6.45, 7) is 10.9. The fourth-order valence-electron chi connectivity index (χ4n) is 2.71. The molecule has 2 rings (SSSR count). The maximum atomic E-state index is 10.2. The molecule has 0 radical (unpaired) electrons. The SMILES string of the molecule is CCCCCCCCS(=O)(=O)[O-].Cc1ccc([I+]c2ccc(C)c(C)c2)cc1C. The van der Waals surface area contributed by atoms with Crippen LogP contribution in [0.5, 0.6) is 0 Å². The molecule has 0 fully saturated rings. The van der Waals surface area contributed by atoms with Crippen molar-refractivity contribution < 1.29 is 34.2 Å². The van der Waals surface area contributed by atoms with E-state index in [1.54, 1.807) is 0 Å². The summed E-state index contributed by atoms with van der Waals surface area (Å²) in [4.78, 5) is 0. The summed E-state index contributed by atoms with van der Waals surface area (Å²) in [5.74, 6) is -0.195. The lowest BCUT2D eigenvalue weighted by Crippen LogP contribution is -3.61. The normalized spacial score (nSPS) is 11.1. The molecule has 0 aromatic heterocycles. The van der Waals surface area contributed by atoms with Crippen molar-refractivity contribution in [1.29, 1.82) is 0 Å². The van der Waals surface area contributed by atoms with Crippen LogP contribution in [0.4, 0.5) is 0 Å². The number of aryl methyl sites for hydroxylation is 4. The minimum Gasteiger partial charge on any atom is -0.748 e. The molecule has 162 valence electrons. The molecule has 2 aromatic rings. The first-order chi connectivity index (χ1) is 13.6. The summed E-state index contributed by atoms with van der Waals surface area (Å²) in [7, 11) is -3.97. The molecule has 0 bridgehead atoms. The zero-order valence-electron chi connectivity index (χ0n) is 18.4. The van der Waals surface area contributed by atoms with Gasteiger partial charge in [-0.15, -0.1) is 0 Å². The van der Waals surface area contributed by atoms with Gasteiger partial charge in [0.2, 0.25) is 0 Å². The van der Waals surface area contributed by atoms with Crippen molar-refractivity contribution >= 4 is 10.1 Å². The van der Waals surface area contributed by atoms with Gasteiger partial charge in [0.05, 0.1) is 10.1 Å². The third-order valence-electron chi connectivity index (χ3n) is 4.90. The van der Waals surface area contributed by atoms with Gasteiger partial charge in [-0.3, -0.25) is 0 Å². The van der Waals surface area contributed by atoms with Crippen molar-refractivity contribution in [3.05, 3.63) is 65.8 Å². The van der Waals surface area contributed by atoms with Crippen molar-refractivity contribution in [2.75, 3.05) is 5.75 Å². The van der Waals surface area contributed by atoms with Crippen molar-refractivity contribution in [3.8, 4) is 0 Å². The first-order valence-electron chi connectivity index (χ1n) is 10.3. The Morgan fingerprint density at radius 2 is 1.17 bits per heavy atom. The number of hydrogen-bond acceptors (Lipinski definition) is 3. The molecular formula is C24H35IO3S. The van der Waals surface area contributed by atoms with Crippen LogP contribution in [0, 0.1) is 34.8 Å². The standard InChI is InChI=1S/C16H18I.C8H18O3S/c1-11-5-7-15(9-13(11)3)17-16-8-6-12(2)14(4)10-16;1-2-3-4-5-6-7-8-12(9,10)11/h5-10H,1-4H3;2-8H2,1H3,(H,9,10,11)/q+1;/p-1.